The molecule has 1 aromatic rings. The molecule has 1 aliphatic carbocycles. The summed E-state index contributed by atoms with van der Waals surface area (Å²) in [7, 11) is -3.53. The summed E-state index contributed by atoms with van der Waals surface area (Å²) >= 11 is 0. The SMILES string of the molecule is CCN(C(=O)CCC(=O)N1CCN(S(=O)(=O)c2ccccc2)CC1)C1CCCCC1. The van der Waals surface area contributed by atoms with Gasteiger partial charge in [-0.2, -0.15) is 4.31 Å². The first-order chi connectivity index (χ1) is 14.4. The van der Waals surface area contributed by atoms with Gasteiger partial charge in [0.1, 0.15) is 0 Å². The van der Waals surface area contributed by atoms with Gasteiger partial charge in [0.15, 0.2) is 0 Å². The van der Waals surface area contributed by atoms with E-state index in [1.807, 2.05) is 11.8 Å². The Labute approximate surface area is 180 Å². The van der Waals surface area contributed by atoms with Gasteiger partial charge in [-0.1, -0.05) is 37.5 Å². The summed E-state index contributed by atoms with van der Waals surface area (Å²) in [6.07, 6.45) is 6.12. The number of nitrogens with zero attached hydrogens (tertiary/aromatic N) is 3. The van der Waals surface area contributed by atoms with Crippen LogP contribution in [0.15, 0.2) is 35.2 Å². The zero-order chi connectivity index (χ0) is 21.6. The molecule has 0 bridgehead atoms. The highest BCUT2D eigenvalue weighted by molar-refractivity contribution is 7.89. The molecule has 1 saturated heterocycles. The number of carbonyl (C=O) groups is 2. The van der Waals surface area contributed by atoms with E-state index < -0.39 is 10.0 Å². The molecule has 0 spiro atoms. The lowest BCUT2D eigenvalue weighted by molar-refractivity contribution is -0.139. The molecule has 0 radical (unpaired) electrons. The number of amides is 2. The van der Waals surface area contributed by atoms with Crippen LogP contribution in [0, 0.1) is 0 Å². The highest BCUT2D eigenvalue weighted by Gasteiger charge is 2.30. The summed E-state index contributed by atoms with van der Waals surface area (Å²) in [4.78, 5) is 29.2. The average molecular weight is 436 g/mol. The first-order valence-electron chi connectivity index (χ1n) is 11.1. The predicted octanol–water partition coefficient (Wildman–Crippen LogP) is 2.48. The van der Waals surface area contributed by atoms with Gasteiger partial charge in [0.25, 0.3) is 0 Å². The maximum atomic E-state index is 12.7. The van der Waals surface area contributed by atoms with Crippen LogP contribution in [-0.2, 0) is 19.6 Å². The second-order valence-electron chi connectivity index (χ2n) is 8.07. The van der Waals surface area contributed by atoms with Crippen molar-refractivity contribution in [1.82, 2.24) is 14.1 Å². The molecule has 1 heterocycles. The molecule has 2 amide bonds. The van der Waals surface area contributed by atoms with Gasteiger partial charge < -0.3 is 9.80 Å². The van der Waals surface area contributed by atoms with E-state index in [0.29, 0.717) is 25.7 Å². The van der Waals surface area contributed by atoms with E-state index >= 15 is 0 Å². The van der Waals surface area contributed by atoms with E-state index in [2.05, 4.69) is 0 Å². The van der Waals surface area contributed by atoms with E-state index in [9.17, 15) is 18.0 Å². The number of rotatable bonds is 7. The fraction of sp³-hybridized carbons (Fsp3) is 0.636. The zero-order valence-electron chi connectivity index (χ0n) is 17.8. The van der Waals surface area contributed by atoms with Gasteiger partial charge in [-0.05, 0) is 31.9 Å². The maximum Gasteiger partial charge on any atom is 0.243 e. The van der Waals surface area contributed by atoms with Crippen molar-refractivity contribution in [3.63, 3.8) is 0 Å². The molecule has 1 aliphatic heterocycles. The summed E-state index contributed by atoms with van der Waals surface area (Å²) in [5, 5.41) is 0. The molecular formula is C22H33N3O4S. The molecule has 3 rings (SSSR count). The van der Waals surface area contributed by atoms with Crippen molar-refractivity contribution in [2.75, 3.05) is 32.7 Å². The fourth-order valence-electron chi connectivity index (χ4n) is 4.47. The molecule has 1 aromatic carbocycles. The molecule has 0 atom stereocenters. The number of hydrogen-bond donors (Lipinski definition) is 0. The standard InChI is InChI=1S/C22H33N3O4S/c1-2-25(19-9-5-3-6-10-19)22(27)14-13-21(26)23-15-17-24(18-16-23)30(28,29)20-11-7-4-8-12-20/h4,7-8,11-12,19H,2-3,5-6,9-10,13-18H2,1H3. The van der Waals surface area contributed by atoms with Gasteiger partial charge in [0.2, 0.25) is 21.8 Å². The number of carbonyl (C=O) groups excluding carboxylic acids is 2. The third-order valence-electron chi connectivity index (χ3n) is 6.20. The number of sulfonamides is 1. The average Bonchev–Trinajstić information content (AvgIpc) is 2.79. The Hall–Kier alpha value is -1.93. The molecule has 0 unspecified atom stereocenters. The van der Waals surface area contributed by atoms with Crippen molar-refractivity contribution in [3.05, 3.63) is 30.3 Å². The van der Waals surface area contributed by atoms with Crippen molar-refractivity contribution in [1.29, 1.82) is 0 Å². The first kappa shape index (κ1) is 22.7. The van der Waals surface area contributed by atoms with Crippen LogP contribution in [0.4, 0.5) is 0 Å². The highest BCUT2D eigenvalue weighted by Crippen LogP contribution is 2.23. The van der Waals surface area contributed by atoms with E-state index in [1.54, 1.807) is 35.2 Å². The van der Waals surface area contributed by atoms with E-state index in [-0.39, 0.29) is 42.6 Å². The van der Waals surface area contributed by atoms with Gasteiger partial charge in [0, 0.05) is 51.6 Å². The smallest absolute Gasteiger partial charge is 0.243 e. The minimum absolute atomic E-state index is 0.0584. The number of benzene rings is 1. The zero-order valence-corrected chi connectivity index (χ0v) is 18.6. The monoisotopic (exact) mass is 435 g/mol. The molecule has 2 aliphatic rings. The Morgan fingerprint density at radius 1 is 0.967 bits per heavy atom. The summed E-state index contributed by atoms with van der Waals surface area (Å²) in [5.41, 5.74) is 0. The third-order valence-corrected chi connectivity index (χ3v) is 8.11. The van der Waals surface area contributed by atoms with Crippen molar-refractivity contribution < 1.29 is 18.0 Å². The molecule has 0 aromatic heterocycles. The summed E-state index contributed by atoms with van der Waals surface area (Å²) in [6, 6.07) is 8.69. The van der Waals surface area contributed by atoms with E-state index in [4.69, 9.17) is 0 Å². The van der Waals surface area contributed by atoms with Crippen LogP contribution >= 0.6 is 0 Å². The minimum Gasteiger partial charge on any atom is -0.340 e. The second kappa shape index (κ2) is 10.4. The molecule has 30 heavy (non-hydrogen) atoms. The topological polar surface area (TPSA) is 78.0 Å². The van der Waals surface area contributed by atoms with Gasteiger partial charge in [-0.3, -0.25) is 9.59 Å². The van der Waals surface area contributed by atoms with Gasteiger partial charge in [-0.25, -0.2) is 8.42 Å². The maximum absolute atomic E-state index is 12.7. The van der Waals surface area contributed by atoms with Gasteiger partial charge >= 0.3 is 0 Å². The van der Waals surface area contributed by atoms with Crippen molar-refractivity contribution >= 4 is 21.8 Å². The normalized spacial score (nSPS) is 18.9. The van der Waals surface area contributed by atoms with Crippen LogP contribution in [0.25, 0.3) is 0 Å². The quantitative estimate of drug-likeness (QED) is 0.659. The first-order valence-corrected chi connectivity index (χ1v) is 12.5. The Balaban J connectivity index is 1.47. The molecule has 1 saturated carbocycles. The predicted molar refractivity (Wildman–Crippen MR) is 115 cm³/mol. The Kier molecular flexibility index (Phi) is 7.88. The van der Waals surface area contributed by atoms with Crippen molar-refractivity contribution in [2.24, 2.45) is 0 Å². The van der Waals surface area contributed by atoms with Crippen molar-refractivity contribution in [2.45, 2.75) is 62.8 Å². The number of piperazine rings is 1. The molecule has 8 heteroatoms. The molecule has 0 N–H and O–H groups in total. The third kappa shape index (κ3) is 5.40. The molecule has 166 valence electrons. The fourth-order valence-corrected chi connectivity index (χ4v) is 5.91. The van der Waals surface area contributed by atoms with Gasteiger partial charge in [-0.15, -0.1) is 0 Å². The van der Waals surface area contributed by atoms with E-state index in [1.165, 1.54) is 23.6 Å². The Morgan fingerprint density at radius 2 is 1.60 bits per heavy atom. The van der Waals surface area contributed by atoms with Crippen LogP contribution in [0.5, 0.6) is 0 Å². The molecule has 7 nitrogen and oxygen atoms in total. The summed E-state index contributed by atoms with van der Waals surface area (Å²) < 4.78 is 26.8. The van der Waals surface area contributed by atoms with Crippen LogP contribution in [-0.4, -0.2) is 73.1 Å². The lowest BCUT2D eigenvalue weighted by Crippen LogP contribution is -2.50. The molecule has 2 fully saturated rings. The van der Waals surface area contributed by atoms with Crippen LogP contribution in [0.2, 0.25) is 0 Å². The van der Waals surface area contributed by atoms with Crippen LogP contribution < -0.4 is 0 Å². The Morgan fingerprint density at radius 3 is 2.20 bits per heavy atom. The van der Waals surface area contributed by atoms with Crippen LogP contribution in [0.1, 0.15) is 51.9 Å². The highest BCUT2D eigenvalue weighted by atomic mass is 32.2. The van der Waals surface area contributed by atoms with Crippen molar-refractivity contribution in [3.8, 4) is 0 Å². The van der Waals surface area contributed by atoms with E-state index in [0.717, 1.165) is 12.8 Å². The molecular weight excluding hydrogens is 402 g/mol. The number of hydrogen-bond acceptors (Lipinski definition) is 4. The minimum atomic E-state index is -3.53. The van der Waals surface area contributed by atoms with Crippen LogP contribution in [0.3, 0.4) is 0 Å². The summed E-state index contributed by atoms with van der Waals surface area (Å²) in [5.74, 6) is -0.0113. The second-order valence-corrected chi connectivity index (χ2v) is 10.0. The van der Waals surface area contributed by atoms with Gasteiger partial charge in [0.05, 0.1) is 4.90 Å². The Bertz CT molecular complexity index is 814. The largest absolute Gasteiger partial charge is 0.340 e. The summed E-state index contributed by atoms with van der Waals surface area (Å²) in [6.45, 7) is 3.97. The lowest BCUT2D eigenvalue weighted by Gasteiger charge is -2.35. The lowest BCUT2D eigenvalue weighted by atomic mass is 9.94.